The molecule has 2 fully saturated rings. The Hall–Kier alpha value is -2.01. The Bertz CT molecular complexity index is 1040. The number of piperidine rings is 1. The molecule has 4 rings (SSSR count). The minimum absolute atomic E-state index is 0.0628. The van der Waals surface area contributed by atoms with Crippen LogP contribution in [0.2, 0.25) is 0 Å². The van der Waals surface area contributed by atoms with Gasteiger partial charge in [-0.2, -0.15) is 4.31 Å². The normalized spacial score (nSPS) is 21.7. The van der Waals surface area contributed by atoms with Gasteiger partial charge in [-0.25, -0.2) is 8.42 Å². The zero-order valence-corrected chi connectivity index (χ0v) is 19.5. The molecule has 0 saturated carbocycles. The number of carbonyl (C=O) groups excluding carboxylic acids is 1. The summed E-state index contributed by atoms with van der Waals surface area (Å²) >= 11 is 1.55. The molecule has 0 aromatic carbocycles. The lowest BCUT2D eigenvalue weighted by Gasteiger charge is -2.37. The summed E-state index contributed by atoms with van der Waals surface area (Å²) in [6.07, 6.45) is 4.84. The number of amides is 1. The second-order valence-electron chi connectivity index (χ2n) is 8.14. The number of sulfonamides is 1. The molecule has 0 bridgehead atoms. The van der Waals surface area contributed by atoms with Crippen molar-refractivity contribution in [2.75, 3.05) is 46.3 Å². The Morgan fingerprint density at radius 2 is 2.00 bits per heavy atom. The third kappa shape index (κ3) is 4.77. The van der Waals surface area contributed by atoms with Crippen molar-refractivity contribution in [1.82, 2.24) is 19.3 Å². The second kappa shape index (κ2) is 9.23. The zero-order valence-electron chi connectivity index (χ0n) is 17.9. The molecule has 8 nitrogen and oxygen atoms in total. The quantitative estimate of drug-likeness (QED) is 0.675. The summed E-state index contributed by atoms with van der Waals surface area (Å²) in [7, 11) is -1.78. The number of thiophene rings is 1. The van der Waals surface area contributed by atoms with Crippen molar-refractivity contribution in [3.63, 3.8) is 0 Å². The van der Waals surface area contributed by atoms with Gasteiger partial charge in [-0.05, 0) is 50.4 Å². The molecule has 0 radical (unpaired) electrons. The number of aromatic nitrogens is 1. The maximum atomic E-state index is 13.5. The highest BCUT2D eigenvalue weighted by molar-refractivity contribution is 7.89. The Kier molecular flexibility index (Phi) is 6.61. The first-order chi connectivity index (χ1) is 14.9. The summed E-state index contributed by atoms with van der Waals surface area (Å²) in [5.74, 6) is -0.0246. The van der Waals surface area contributed by atoms with E-state index in [-0.39, 0.29) is 29.0 Å². The number of rotatable bonds is 5. The number of aryl methyl sites for hydroxylation is 1. The molecule has 0 spiro atoms. The minimum Gasteiger partial charge on any atom is -0.355 e. The summed E-state index contributed by atoms with van der Waals surface area (Å²) in [4.78, 5) is 18.2. The summed E-state index contributed by atoms with van der Waals surface area (Å²) in [6.45, 7) is 5.32. The number of hydrogen-bond donors (Lipinski definition) is 0. The number of hydrogen-bond acceptors (Lipinski definition) is 7. The third-order valence-electron chi connectivity index (χ3n) is 5.92. The zero-order chi connectivity index (χ0) is 22.0. The Morgan fingerprint density at radius 3 is 2.71 bits per heavy atom. The van der Waals surface area contributed by atoms with Gasteiger partial charge in [-0.3, -0.25) is 4.79 Å². The van der Waals surface area contributed by atoms with E-state index in [9.17, 15) is 13.2 Å². The SMILES string of the molecule is Cc1noc(/C=C/c2cccs2)c1S(=O)(=O)N1CCC[C@H](C(=O)N2CCN(C)CC2)C1. The first-order valence-corrected chi connectivity index (χ1v) is 12.8. The molecule has 0 N–H and O–H groups in total. The molecule has 31 heavy (non-hydrogen) atoms. The van der Waals surface area contributed by atoms with Crippen LogP contribution in [0, 0.1) is 12.8 Å². The molecule has 0 aliphatic carbocycles. The van der Waals surface area contributed by atoms with Gasteiger partial charge in [0.25, 0.3) is 0 Å². The van der Waals surface area contributed by atoms with Gasteiger partial charge in [-0.15, -0.1) is 11.3 Å². The maximum absolute atomic E-state index is 13.5. The van der Waals surface area contributed by atoms with Crippen LogP contribution in [-0.4, -0.2) is 79.9 Å². The van der Waals surface area contributed by atoms with Crippen LogP contribution in [0.3, 0.4) is 0 Å². The van der Waals surface area contributed by atoms with Crippen molar-refractivity contribution in [3.05, 3.63) is 33.8 Å². The fourth-order valence-electron chi connectivity index (χ4n) is 4.12. The lowest BCUT2D eigenvalue weighted by atomic mass is 9.98. The van der Waals surface area contributed by atoms with Gasteiger partial charge in [0.1, 0.15) is 5.69 Å². The molecular formula is C21H28N4O4S2. The van der Waals surface area contributed by atoms with Crippen LogP contribution in [0.1, 0.15) is 29.2 Å². The van der Waals surface area contributed by atoms with Gasteiger partial charge < -0.3 is 14.3 Å². The topological polar surface area (TPSA) is 87.0 Å². The van der Waals surface area contributed by atoms with Gasteiger partial charge >= 0.3 is 0 Å². The highest BCUT2D eigenvalue weighted by Gasteiger charge is 2.38. The van der Waals surface area contributed by atoms with E-state index in [1.807, 2.05) is 35.5 Å². The fourth-order valence-corrected chi connectivity index (χ4v) is 6.51. The molecule has 2 aromatic heterocycles. The van der Waals surface area contributed by atoms with Crippen LogP contribution < -0.4 is 0 Å². The molecule has 4 heterocycles. The Balaban J connectivity index is 1.52. The van der Waals surface area contributed by atoms with Crippen molar-refractivity contribution < 1.29 is 17.7 Å². The smallest absolute Gasteiger partial charge is 0.248 e. The Labute approximate surface area is 187 Å². The molecule has 2 aliphatic heterocycles. The third-order valence-corrected chi connectivity index (χ3v) is 8.78. The van der Waals surface area contributed by atoms with Crippen molar-refractivity contribution in [2.24, 2.45) is 5.92 Å². The molecule has 1 amide bonds. The molecule has 1 atom stereocenters. The maximum Gasteiger partial charge on any atom is 0.248 e. The molecule has 0 unspecified atom stereocenters. The van der Waals surface area contributed by atoms with Gasteiger partial charge in [-0.1, -0.05) is 11.2 Å². The molecular weight excluding hydrogens is 436 g/mol. The summed E-state index contributed by atoms with van der Waals surface area (Å²) in [6, 6.07) is 3.87. The lowest BCUT2D eigenvalue weighted by molar-refractivity contribution is -0.138. The molecule has 10 heteroatoms. The van der Waals surface area contributed by atoms with Crippen LogP contribution in [0.4, 0.5) is 0 Å². The van der Waals surface area contributed by atoms with Crippen LogP contribution in [0.5, 0.6) is 0 Å². The van der Waals surface area contributed by atoms with Crippen molar-refractivity contribution in [3.8, 4) is 0 Å². The van der Waals surface area contributed by atoms with E-state index in [1.54, 1.807) is 24.3 Å². The number of nitrogens with zero attached hydrogens (tertiary/aromatic N) is 4. The standard InChI is InChI=1S/C21H28N4O4S2/c1-16-20(19(29-22-16)8-7-18-6-4-14-30-18)31(27,28)25-9-3-5-17(15-25)21(26)24-12-10-23(2)11-13-24/h4,6-8,14,17H,3,5,9-13,15H2,1-2H3/b8-7+/t17-/m0/s1. The van der Waals surface area contributed by atoms with Crippen LogP contribution in [0.15, 0.2) is 26.9 Å². The van der Waals surface area contributed by atoms with Gasteiger partial charge in [0, 0.05) is 44.1 Å². The lowest BCUT2D eigenvalue weighted by Crippen LogP contribution is -2.52. The average Bonchev–Trinajstić information content (AvgIpc) is 3.42. The van der Waals surface area contributed by atoms with E-state index in [1.165, 1.54) is 4.31 Å². The summed E-state index contributed by atoms with van der Waals surface area (Å²) in [5.41, 5.74) is 0.332. The van der Waals surface area contributed by atoms with E-state index in [4.69, 9.17) is 4.52 Å². The number of likely N-dealkylation sites (N-methyl/N-ethyl adjacent to an activating group) is 1. The van der Waals surface area contributed by atoms with Crippen LogP contribution in [-0.2, 0) is 14.8 Å². The Morgan fingerprint density at radius 1 is 1.23 bits per heavy atom. The first kappa shape index (κ1) is 22.2. The van der Waals surface area contributed by atoms with E-state index in [0.29, 0.717) is 38.2 Å². The highest BCUT2D eigenvalue weighted by atomic mass is 32.2. The predicted octanol–water partition coefficient (Wildman–Crippen LogP) is 2.39. The van der Waals surface area contributed by atoms with Gasteiger partial charge in [0.05, 0.1) is 5.92 Å². The van der Waals surface area contributed by atoms with E-state index >= 15 is 0 Å². The van der Waals surface area contributed by atoms with Crippen LogP contribution in [0.25, 0.3) is 12.2 Å². The average molecular weight is 465 g/mol. The van der Waals surface area contributed by atoms with E-state index in [2.05, 4.69) is 10.1 Å². The summed E-state index contributed by atoms with van der Waals surface area (Å²) < 4.78 is 33.8. The van der Waals surface area contributed by atoms with E-state index < -0.39 is 10.0 Å². The summed E-state index contributed by atoms with van der Waals surface area (Å²) in [5, 5.41) is 5.86. The molecule has 2 aromatic rings. The molecule has 2 saturated heterocycles. The monoisotopic (exact) mass is 464 g/mol. The van der Waals surface area contributed by atoms with Crippen molar-refractivity contribution in [2.45, 2.75) is 24.7 Å². The number of piperazine rings is 1. The highest BCUT2D eigenvalue weighted by Crippen LogP contribution is 2.30. The molecule has 168 valence electrons. The molecule has 2 aliphatic rings. The fraction of sp³-hybridized carbons (Fsp3) is 0.524. The minimum atomic E-state index is -3.83. The van der Waals surface area contributed by atoms with Crippen LogP contribution >= 0.6 is 11.3 Å². The predicted molar refractivity (Wildman–Crippen MR) is 120 cm³/mol. The van der Waals surface area contributed by atoms with Crippen molar-refractivity contribution in [1.29, 1.82) is 0 Å². The van der Waals surface area contributed by atoms with Crippen molar-refractivity contribution >= 4 is 39.4 Å². The second-order valence-corrected chi connectivity index (χ2v) is 11.0. The first-order valence-electron chi connectivity index (χ1n) is 10.5. The van der Waals surface area contributed by atoms with E-state index in [0.717, 1.165) is 18.0 Å². The number of carbonyl (C=O) groups is 1. The van der Waals surface area contributed by atoms with Gasteiger partial charge in [0.15, 0.2) is 10.7 Å². The van der Waals surface area contributed by atoms with Gasteiger partial charge in [0.2, 0.25) is 15.9 Å². The largest absolute Gasteiger partial charge is 0.355 e.